The normalized spacial score (nSPS) is 13.3. The number of carboxylic acid groups (broad SMARTS) is 1. The molecule has 1 unspecified atom stereocenters. The number of phenols is 1. The van der Waals surface area contributed by atoms with Gasteiger partial charge in [-0.2, -0.15) is 0 Å². The van der Waals surface area contributed by atoms with Gasteiger partial charge in [-0.25, -0.2) is 0 Å². The first kappa shape index (κ1) is 16.9. The molecule has 4 nitrogen and oxygen atoms in total. The van der Waals surface area contributed by atoms with E-state index in [1.807, 2.05) is 50.2 Å². The topological polar surface area (TPSA) is 66.8 Å². The van der Waals surface area contributed by atoms with E-state index in [2.05, 4.69) is 0 Å². The van der Waals surface area contributed by atoms with Crippen LogP contribution in [0.2, 0.25) is 0 Å². The highest BCUT2D eigenvalue weighted by atomic mass is 16.5. The quantitative estimate of drug-likeness (QED) is 0.801. The highest BCUT2D eigenvalue weighted by Gasteiger charge is 2.29. The van der Waals surface area contributed by atoms with Crippen LogP contribution in [0.25, 0.3) is 0 Å². The third-order valence-corrected chi connectivity index (χ3v) is 3.89. The van der Waals surface area contributed by atoms with E-state index in [1.54, 1.807) is 12.1 Å². The molecule has 122 valence electrons. The predicted octanol–water partition coefficient (Wildman–Crippen LogP) is 4.25. The van der Waals surface area contributed by atoms with Crippen LogP contribution in [0.15, 0.2) is 48.5 Å². The van der Waals surface area contributed by atoms with Crippen molar-refractivity contribution in [3.05, 3.63) is 59.7 Å². The summed E-state index contributed by atoms with van der Waals surface area (Å²) in [5.74, 6) is 0.117. The van der Waals surface area contributed by atoms with E-state index in [0.717, 1.165) is 16.9 Å². The number of carboxylic acids is 1. The lowest BCUT2D eigenvalue weighted by atomic mass is 9.90. The largest absolute Gasteiger partial charge is 0.508 e. The van der Waals surface area contributed by atoms with Gasteiger partial charge in [0.2, 0.25) is 0 Å². The van der Waals surface area contributed by atoms with E-state index in [0.29, 0.717) is 12.8 Å². The van der Waals surface area contributed by atoms with Crippen LogP contribution in [-0.2, 0) is 10.4 Å². The van der Waals surface area contributed by atoms with Gasteiger partial charge in [0.15, 0.2) is 0 Å². The van der Waals surface area contributed by atoms with Gasteiger partial charge in [-0.05, 0) is 56.5 Å². The number of aliphatic carboxylic acids is 1. The van der Waals surface area contributed by atoms with Crippen molar-refractivity contribution in [1.82, 2.24) is 0 Å². The Morgan fingerprint density at radius 3 is 2.26 bits per heavy atom. The minimum atomic E-state index is -0.812. The molecule has 0 aliphatic rings. The van der Waals surface area contributed by atoms with Crippen molar-refractivity contribution < 1.29 is 19.7 Å². The summed E-state index contributed by atoms with van der Waals surface area (Å²) >= 11 is 0. The standard InChI is InChI=1S/C19H22O4/c1-14-5-11-17(12-6-14)23-19(2,13-3-4-18(21)22)15-7-9-16(20)10-8-15/h5-12,20H,3-4,13H2,1-2H3,(H,21,22). The number of phenolic OH excluding ortho intramolecular Hbond substituents is 1. The number of ether oxygens (including phenoxy) is 1. The lowest BCUT2D eigenvalue weighted by molar-refractivity contribution is -0.137. The molecule has 2 aromatic rings. The summed E-state index contributed by atoms with van der Waals surface area (Å²) in [4.78, 5) is 10.8. The molecule has 0 heterocycles. The van der Waals surface area contributed by atoms with Crippen LogP contribution in [0, 0.1) is 6.92 Å². The number of carbonyl (C=O) groups is 1. The van der Waals surface area contributed by atoms with Gasteiger partial charge in [0.1, 0.15) is 17.1 Å². The van der Waals surface area contributed by atoms with Crippen molar-refractivity contribution in [2.75, 3.05) is 0 Å². The van der Waals surface area contributed by atoms with E-state index in [4.69, 9.17) is 9.84 Å². The van der Waals surface area contributed by atoms with Crippen molar-refractivity contribution >= 4 is 5.97 Å². The van der Waals surface area contributed by atoms with Crippen molar-refractivity contribution in [3.63, 3.8) is 0 Å². The molecule has 0 fully saturated rings. The molecule has 0 bridgehead atoms. The van der Waals surface area contributed by atoms with E-state index < -0.39 is 11.6 Å². The smallest absolute Gasteiger partial charge is 0.303 e. The molecule has 2 rings (SSSR count). The zero-order valence-electron chi connectivity index (χ0n) is 13.5. The third kappa shape index (κ3) is 4.74. The van der Waals surface area contributed by atoms with Crippen LogP contribution in [0.4, 0.5) is 0 Å². The lowest BCUT2D eigenvalue weighted by Crippen LogP contribution is -2.29. The van der Waals surface area contributed by atoms with Gasteiger partial charge in [-0.1, -0.05) is 29.8 Å². The Kier molecular flexibility index (Phi) is 5.27. The average Bonchev–Trinajstić information content (AvgIpc) is 2.50. The van der Waals surface area contributed by atoms with Crippen LogP contribution in [0.5, 0.6) is 11.5 Å². The second kappa shape index (κ2) is 7.18. The second-order valence-corrected chi connectivity index (χ2v) is 5.94. The Morgan fingerprint density at radius 1 is 1.09 bits per heavy atom. The van der Waals surface area contributed by atoms with E-state index in [9.17, 15) is 9.90 Å². The monoisotopic (exact) mass is 314 g/mol. The summed E-state index contributed by atoms with van der Waals surface area (Å²) in [5.41, 5.74) is 1.40. The van der Waals surface area contributed by atoms with Gasteiger partial charge in [-0.3, -0.25) is 4.79 Å². The minimum absolute atomic E-state index is 0.102. The van der Waals surface area contributed by atoms with Gasteiger partial charge < -0.3 is 14.9 Å². The van der Waals surface area contributed by atoms with Gasteiger partial charge in [-0.15, -0.1) is 0 Å². The molecule has 2 N–H and O–H groups in total. The third-order valence-electron chi connectivity index (χ3n) is 3.89. The average molecular weight is 314 g/mol. The molecule has 0 radical (unpaired) electrons. The van der Waals surface area contributed by atoms with Gasteiger partial charge >= 0.3 is 5.97 Å². The van der Waals surface area contributed by atoms with E-state index in [1.165, 1.54) is 0 Å². The minimum Gasteiger partial charge on any atom is -0.508 e. The highest BCUT2D eigenvalue weighted by molar-refractivity contribution is 5.66. The first-order chi connectivity index (χ1) is 10.9. The molecule has 4 heteroatoms. The van der Waals surface area contributed by atoms with Gasteiger partial charge in [0.05, 0.1) is 0 Å². The fraction of sp³-hybridized carbons (Fsp3) is 0.316. The Bertz CT molecular complexity index is 646. The molecule has 0 aliphatic carbocycles. The maximum absolute atomic E-state index is 10.8. The highest BCUT2D eigenvalue weighted by Crippen LogP contribution is 2.33. The Labute approximate surface area is 136 Å². The SMILES string of the molecule is Cc1ccc(OC(C)(CCCC(=O)O)c2ccc(O)cc2)cc1. The molecule has 1 atom stereocenters. The van der Waals surface area contributed by atoms with Crippen molar-refractivity contribution in [1.29, 1.82) is 0 Å². The zero-order chi connectivity index (χ0) is 16.9. The number of aromatic hydroxyl groups is 1. The first-order valence-corrected chi connectivity index (χ1v) is 7.66. The van der Waals surface area contributed by atoms with Crippen LogP contribution in [-0.4, -0.2) is 16.2 Å². The fourth-order valence-electron chi connectivity index (χ4n) is 2.51. The van der Waals surface area contributed by atoms with Crippen molar-refractivity contribution in [3.8, 4) is 11.5 Å². The summed E-state index contributed by atoms with van der Waals surface area (Å²) < 4.78 is 6.19. The second-order valence-electron chi connectivity index (χ2n) is 5.94. The summed E-state index contributed by atoms with van der Waals surface area (Å²) in [7, 11) is 0. The number of hydrogen-bond acceptors (Lipinski definition) is 3. The maximum atomic E-state index is 10.8. The molecular formula is C19H22O4. The number of benzene rings is 2. The van der Waals surface area contributed by atoms with Gasteiger partial charge in [0.25, 0.3) is 0 Å². The molecule has 2 aromatic carbocycles. The van der Waals surface area contributed by atoms with Crippen molar-refractivity contribution in [2.45, 2.75) is 38.7 Å². The Morgan fingerprint density at radius 2 is 1.70 bits per heavy atom. The van der Waals surface area contributed by atoms with E-state index in [-0.39, 0.29) is 12.2 Å². The van der Waals surface area contributed by atoms with Crippen LogP contribution < -0.4 is 4.74 Å². The molecule has 0 saturated heterocycles. The molecule has 0 saturated carbocycles. The van der Waals surface area contributed by atoms with Crippen LogP contribution in [0.3, 0.4) is 0 Å². The molecule has 0 aliphatic heterocycles. The summed E-state index contributed by atoms with van der Waals surface area (Å²) in [6.07, 6.45) is 1.18. The Balaban J connectivity index is 2.23. The number of rotatable bonds is 7. The lowest BCUT2D eigenvalue weighted by Gasteiger charge is -2.31. The zero-order valence-corrected chi connectivity index (χ0v) is 13.5. The van der Waals surface area contributed by atoms with Crippen LogP contribution in [0.1, 0.15) is 37.3 Å². The van der Waals surface area contributed by atoms with Crippen molar-refractivity contribution in [2.24, 2.45) is 0 Å². The number of aryl methyl sites for hydroxylation is 1. The summed E-state index contributed by atoms with van der Waals surface area (Å²) in [5, 5.41) is 18.3. The van der Waals surface area contributed by atoms with E-state index >= 15 is 0 Å². The number of hydrogen-bond donors (Lipinski definition) is 2. The maximum Gasteiger partial charge on any atom is 0.303 e. The predicted molar refractivity (Wildman–Crippen MR) is 88.8 cm³/mol. The summed E-state index contributed by atoms with van der Waals surface area (Å²) in [6, 6.07) is 14.6. The Hall–Kier alpha value is -2.49. The van der Waals surface area contributed by atoms with Crippen LogP contribution >= 0.6 is 0 Å². The fourth-order valence-corrected chi connectivity index (χ4v) is 2.51. The van der Waals surface area contributed by atoms with Gasteiger partial charge in [0, 0.05) is 6.42 Å². The molecule has 0 spiro atoms. The molecule has 23 heavy (non-hydrogen) atoms. The molecule has 0 amide bonds. The molecule has 0 aromatic heterocycles. The first-order valence-electron chi connectivity index (χ1n) is 7.66. The summed E-state index contributed by atoms with van der Waals surface area (Å²) in [6.45, 7) is 3.96. The molecular weight excluding hydrogens is 292 g/mol.